The van der Waals surface area contributed by atoms with Crippen molar-refractivity contribution in [2.24, 2.45) is 0 Å². The van der Waals surface area contributed by atoms with Crippen LogP contribution in [0.5, 0.6) is 0 Å². The number of nitrogens with zero attached hydrogens (tertiary/aromatic N) is 4. The molecule has 2 aromatic rings. The Labute approximate surface area is 204 Å². The van der Waals surface area contributed by atoms with E-state index in [1.807, 2.05) is 26.0 Å². The van der Waals surface area contributed by atoms with Gasteiger partial charge in [-0.05, 0) is 51.0 Å². The molecule has 176 valence electrons. The van der Waals surface area contributed by atoms with Crippen LogP contribution in [0.4, 0.5) is 5.69 Å². The second kappa shape index (κ2) is 10.4. The number of hydrogen-bond donors (Lipinski definition) is 0. The standard InChI is InChI=1S/C26H28N4O3S/c1-17-8-12-21(13-9-17)30-23(31)14-22(26(30)33)29(20-6-4-3-5-7-20)24(32)16-34-25-19(15-27)11-10-18(2)28-25/h8-13,20,22H,3-7,14,16H2,1-2H3. The maximum Gasteiger partial charge on any atom is 0.257 e. The molecule has 1 aliphatic carbocycles. The number of aryl methyl sites for hydroxylation is 2. The lowest BCUT2D eigenvalue weighted by atomic mass is 9.92. The van der Waals surface area contributed by atoms with Gasteiger partial charge in [0.25, 0.3) is 5.91 Å². The van der Waals surface area contributed by atoms with Gasteiger partial charge in [0.2, 0.25) is 11.8 Å². The van der Waals surface area contributed by atoms with Crippen LogP contribution < -0.4 is 4.90 Å². The summed E-state index contributed by atoms with van der Waals surface area (Å²) < 4.78 is 0. The van der Waals surface area contributed by atoms with Gasteiger partial charge in [-0.3, -0.25) is 14.4 Å². The molecule has 8 heteroatoms. The fourth-order valence-electron chi connectivity index (χ4n) is 4.72. The number of imide groups is 1. The Morgan fingerprint density at radius 3 is 2.50 bits per heavy atom. The number of rotatable bonds is 6. The second-order valence-corrected chi connectivity index (χ2v) is 9.89. The second-order valence-electron chi connectivity index (χ2n) is 8.92. The molecular weight excluding hydrogens is 448 g/mol. The van der Waals surface area contributed by atoms with E-state index in [1.54, 1.807) is 29.2 Å². The highest BCUT2D eigenvalue weighted by Crippen LogP contribution is 2.32. The van der Waals surface area contributed by atoms with E-state index in [9.17, 15) is 19.6 Å². The van der Waals surface area contributed by atoms with Crippen molar-refractivity contribution in [2.45, 2.75) is 69.5 Å². The first-order chi connectivity index (χ1) is 16.4. The first-order valence-corrected chi connectivity index (χ1v) is 12.6. The van der Waals surface area contributed by atoms with Crippen molar-refractivity contribution in [2.75, 3.05) is 10.7 Å². The van der Waals surface area contributed by atoms with Gasteiger partial charge in [0, 0.05) is 11.7 Å². The number of carbonyl (C=O) groups is 3. The van der Waals surface area contributed by atoms with Crippen LogP contribution in [-0.2, 0) is 14.4 Å². The minimum absolute atomic E-state index is 0.00818. The van der Waals surface area contributed by atoms with Gasteiger partial charge in [0.1, 0.15) is 17.1 Å². The average Bonchev–Trinajstić information content (AvgIpc) is 3.12. The Bertz CT molecular complexity index is 1140. The number of anilines is 1. The zero-order valence-electron chi connectivity index (χ0n) is 19.5. The van der Waals surface area contributed by atoms with Crippen molar-refractivity contribution >= 4 is 35.2 Å². The van der Waals surface area contributed by atoms with Gasteiger partial charge in [-0.25, -0.2) is 9.88 Å². The molecule has 1 unspecified atom stereocenters. The first-order valence-electron chi connectivity index (χ1n) is 11.6. The van der Waals surface area contributed by atoms with Gasteiger partial charge in [-0.15, -0.1) is 0 Å². The Morgan fingerprint density at radius 2 is 1.82 bits per heavy atom. The Morgan fingerprint density at radius 1 is 1.12 bits per heavy atom. The number of benzene rings is 1. The van der Waals surface area contributed by atoms with Gasteiger partial charge in [0.05, 0.1) is 23.4 Å². The highest BCUT2D eigenvalue weighted by atomic mass is 32.2. The number of carbonyl (C=O) groups excluding carboxylic acids is 3. The molecule has 2 aliphatic rings. The smallest absolute Gasteiger partial charge is 0.257 e. The van der Waals surface area contributed by atoms with Crippen LogP contribution >= 0.6 is 11.8 Å². The highest BCUT2D eigenvalue weighted by Gasteiger charge is 2.46. The molecule has 1 saturated heterocycles. The van der Waals surface area contributed by atoms with Crippen molar-refractivity contribution in [3.63, 3.8) is 0 Å². The summed E-state index contributed by atoms with van der Waals surface area (Å²) in [4.78, 5) is 47.2. The van der Waals surface area contributed by atoms with Crippen LogP contribution in [0.15, 0.2) is 41.4 Å². The van der Waals surface area contributed by atoms with Crippen LogP contribution in [0, 0.1) is 25.2 Å². The Balaban J connectivity index is 1.58. The monoisotopic (exact) mass is 476 g/mol. The lowest BCUT2D eigenvalue weighted by molar-refractivity contribution is -0.139. The van der Waals surface area contributed by atoms with Crippen LogP contribution in [0.3, 0.4) is 0 Å². The molecule has 1 saturated carbocycles. The van der Waals surface area contributed by atoms with Gasteiger partial charge < -0.3 is 4.90 Å². The van der Waals surface area contributed by atoms with Gasteiger partial charge in [0.15, 0.2) is 0 Å². The van der Waals surface area contributed by atoms with Crippen LogP contribution in [0.25, 0.3) is 0 Å². The number of thioether (sulfide) groups is 1. The summed E-state index contributed by atoms with van der Waals surface area (Å²) in [6.45, 7) is 3.78. The molecule has 4 rings (SSSR count). The Kier molecular flexibility index (Phi) is 7.32. The molecule has 34 heavy (non-hydrogen) atoms. The topological polar surface area (TPSA) is 94.4 Å². The lowest BCUT2D eigenvalue weighted by Crippen LogP contribution is -2.52. The van der Waals surface area contributed by atoms with E-state index in [1.165, 1.54) is 16.7 Å². The molecule has 0 spiro atoms. The number of pyridine rings is 1. The zero-order valence-corrected chi connectivity index (χ0v) is 20.3. The summed E-state index contributed by atoms with van der Waals surface area (Å²) in [7, 11) is 0. The van der Waals surface area contributed by atoms with E-state index in [0.29, 0.717) is 16.3 Å². The number of amides is 3. The predicted octanol–water partition coefficient (Wildman–Crippen LogP) is 4.16. The minimum atomic E-state index is -0.800. The first kappa shape index (κ1) is 24.0. The Hall–Kier alpha value is -3.18. The van der Waals surface area contributed by atoms with E-state index in [2.05, 4.69) is 11.1 Å². The molecule has 0 bridgehead atoms. The largest absolute Gasteiger partial charge is 0.326 e. The number of nitriles is 1. The maximum absolute atomic E-state index is 13.5. The molecule has 0 N–H and O–H groups in total. The fourth-order valence-corrected chi connectivity index (χ4v) is 5.61. The number of aromatic nitrogens is 1. The fraction of sp³-hybridized carbons (Fsp3) is 0.423. The quantitative estimate of drug-likeness (QED) is 0.459. The van der Waals surface area contributed by atoms with E-state index < -0.39 is 6.04 Å². The van der Waals surface area contributed by atoms with E-state index >= 15 is 0 Å². The van der Waals surface area contributed by atoms with E-state index in [-0.39, 0.29) is 35.9 Å². The minimum Gasteiger partial charge on any atom is -0.326 e. The molecule has 1 atom stereocenters. The predicted molar refractivity (Wildman–Crippen MR) is 130 cm³/mol. The molecule has 0 radical (unpaired) electrons. The van der Waals surface area contributed by atoms with Gasteiger partial charge >= 0.3 is 0 Å². The zero-order chi connectivity index (χ0) is 24.2. The molecule has 2 fully saturated rings. The summed E-state index contributed by atoms with van der Waals surface area (Å²) in [5, 5.41) is 9.90. The molecule has 1 aliphatic heterocycles. The summed E-state index contributed by atoms with van der Waals surface area (Å²) in [6, 6.07) is 12.0. The summed E-state index contributed by atoms with van der Waals surface area (Å²) in [6.07, 6.45) is 4.74. The summed E-state index contributed by atoms with van der Waals surface area (Å²) >= 11 is 1.21. The third kappa shape index (κ3) is 5.00. The van der Waals surface area contributed by atoms with Crippen molar-refractivity contribution in [3.8, 4) is 6.07 Å². The normalized spacial score (nSPS) is 18.7. The van der Waals surface area contributed by atoms with Crippen molar-refractivity contribution in [1.29, 1.82) is 5.26 Å². The van der Waals surface area contributed by atoms with Gasteiger partial charge in [-0.1, -0.05) is 48.7 Å². The molecule has 1 aromatic carbocycles. The van der Waals surface area contributed by atoms with Gasteiger partial charge in [-0.2, -0.15) is 5.26 Å². The molecule has 7 nitrogen and oxygen atoms in total. The third-order valence-electron chi connectivity index (χ3n) is 6.46. The summed E-state index contributed by atoms with van der Waals surface area (Å²) in [5.74, 6) is -0.762. The average molecular weight is 477 g/mol. The molecule has 2 heterocycles. The molecule has 1 aromatic heterocycles. The van der Waals surface area contributed by atoms with Crippen molar-refractivity contribution < 1.29 is 14.4 Å². The highest BCUT2D eigenvalue weighted by molar-refractivity contribution is 8.00. The van der Waals surface area contributed by atoms with Crippen LogP contribution in [-0.4, -0.2) is 45.4 Å². The SMILES string of the molecule is Cc1ccc(N2C(=O)CC(N(C(=O)CSc3nc(C)ccc3C#N)C3CCCCC3)C2=O)cc1. The number of hydrogen-bond acceptors (Lipinski definition) is 6. The van der Waals surface area contributed by atoms with Crippen molar-refractivity contribution in [3.05, 3.63) is 53.2 Å². The van der Waals surface area contributed by atoms with Crippen LogP contribution in [0.2, 0.25) is 0 Å². The third-order valence-corrected chi connectivity index (χ3v) is 7.44. The van der Waals surface area contributed by atoms with Crippen molar-refractivity contribution in [1.82, 2.24) is 9.88 Å². The molecule has 3 amide bonds. The van der Waals surface area contributed by atoms with E-state index in [4.69, 9.17) is 0 Å². The maximum atomic E-state index is 13.5. The molecular formula is C26H28N4O3S. The van der Waals surface area contributed by atoms with Crippen LogP contribution in [0.1, 0.15) is 55.3 Å². The summed E-state index contributed by atoms with van der Waals surface area (Å²) in [5.41, 5.74) is 2.77. The lowest BCUT2D eigenvalue weighted by Gasteiger charge is -2.37. The van der Waals surface area contributed by atoms with E-state index in [0.717, 1.165) is 43.4 Å².